The van der Waals surface area contributed by atoms with Crippen LogP contribution in [-0.4, -0.2) is 16.7 Å². The lowest BCUT2D eigenvalue weighted by molar-refractivity contribution is 0.341. The number of aromatic hydroxyl groups is 1. The van der Waals surface area contributed by atoms with Gasteiger partial charge >= 0.3 is 0 Å². The summed E-state index contributed by atoms with van der Waals surface area (Å²) in [5.74, 6) is 1.07. The molecule has 0 fully saturated rings. The highest BCUT2D eigenvalue weighted by atomic mass is 79.9. The fraction of sp³-hybridized carbons (Fsp3) is 0.133. The molecule has 1 heterocycles. The van der Waals surface area contributed by atoms with Crippen LogP contribution in [0.4, 0.5) is 0 Å². The van der Waals surface area contributed by atoms with E-state index in [4.69, 9.17) is 4.74 Å². The zero-order valence-corrected chi connectivity index (χ0v) is 13.2. The molecule has 0 aliphatic rings. The summed E-state index contributed by atoms with van der Waals surface area (Å²) in [5.41, 5.74) is 1.64. The Balaban J connectivity index is 2.10. The molecule has 5 heteroatoms. The van der Waals surface area contributed by atoms with Crippen LogP contribution < -0.4 is 4.74 Å². The molecular formula is C15H12BrNO2S. The molecule has 0 saturated heterocycles. The highest BCUT2D eigenvalue weighted by Crippen LogP contribution is 2.37. The first-order valence-corrected chi connectivity index (χ1v) is 7.80. The fourth-order valence-electron chi connectivity index (χ4n) is 1.96. The van der Waals surface area contributed by atoms with Crippen molar-refractivity contribution >= 4 is 37.5 Å². The third-order valence-electron chi connectivity index (χ3n) is 2.86. The molecule has 0 radical (unpaired) electrons. The standard InChI is InChI=1S/C15H12BrNO2S/c1-2-19-10-4-5-12-14(8-10)20-15(17-12)11-7-9(16)3-6-13(11)18/h3-8,18H,2H2,1H3. The molecule has 3 nitrogen and oxygen atoms in total. The van der Waals surface area contributed by atoms with Gasteiger partial charge < -0.3 is 9.84 Å². The lowest BCUT2D eigenvalue weighted by atomic mass is 10.2. The number of hydrogen-bond donors (Lipinski definition) is 1. The van der Waals surface area contributed by atoms with Gasteiger partial charge in [0.15, 0.2) is 0 Å². The van der Waals surface area contributed by atoms with Gasteiger partial charge in [0.05, 0.1) is 22.4 Å². The van der Waals surface area contributed by atoms with Gasteiger partial charge in [-0.2, -0.15) is 0 Å². The van der Waals surface area contributed by atoms with E-state index < -0.39 is 0 Å². The molecule has 0 bridgehead atoms. The highest BCUT2D eigenvalue weighted by molar-refractivity contribution is 9.10. The van der Waals surface area contributed by atoms with Crippen molar-refractivity contribution in [3.8, 4) is 22.1 Å². The molecule has 2 aromatic carbocycles. The zero-order valence-electron chi connectivity index (χ0n) is 10.8. The third kappa shape index (κ3) is 2.51. The number of nitrogens with zero attached hydrogens (tertiary/aromatic N) is 1. The maximum atomic E-state index is 9.97. The quantitative estimate of drug-likeness (QED) is 0.736. The second-order valence-corrected chi connectivity index (χ2v) is 6.19. The van der Waals surface area contributed by atoms with Crippen molar-refractivity contribution in [2.24, 2.45) is 0 Å². The number of halogens is 1. The summed E-state index contributed by atoms with van der Waals surface area (Å²) in [6.07, 6.45) is 0. The van der Waals surface area contributed by atoms with Crippen molar-refractivity contribution < 1.29 is 9.84 Å². The topological polar surface area (TPSA) is 42.4 Å². The first kappa shape index (κ1) is 13.4. The first-order valence-electron chi connectivity index (χ1n) is 6.19. The molecular weight excluding hydrogens is 338 g/mol. The summed E-state index contributed by atoms with van der Waals surface area (Å²) in [6, 6.07) is 11.2. The highest BCUT2D eigenvalue weighted by Gasteiger charge is 2.11. The summed E-state index contributed by atoms with van der Waals surface area (Å²) in [6.45, 7) is 2.60. The fourth-order valence-corrected chi connectivity index (χ4v) is 3.34. The van der Waals surface area contributed by atoms with Crippen molar-refractivity contribution in [3.05, 3.63) is 40.9 Å². The van der Waals surface area contributed by atoms with Crippen LogP contribution in [0.25, 0.3) is 20.8 Å². The Morgan fingerprint density at radius 1 is 1.25 bits per heavy atom. The van der Waals surface area contributed by atoms with Crippen LogP contribution in [0.15, 0.2) is 40.9 Å². The molecule has 102 valence electrons. The molecule has 1 aromatic heterocycles. The van der Waals surface area contributed by atoms with Gasteiger partial charge in [-0.05, 0) is 43.3 Å². The maximum Gasteiger partial charge on any atom is 0.128 e. The molecule has 0 unspecified atom stereocenters. The Bertz CT molecular complexity index is 770. The minimum absolute atomic E-state index is 0.234. The molecule has 0 aliphatic heterocycles. The largest absolute Gasteiger partial charge is 0.507 e. The molecule has 1 N–H and O–H groups in total. The minimum atomic E-state index is 0.234. The summed E-state index contributed by atoms with van der Waals surface area (Å²) in [4.78, 5) is 4.57. The summed E-state index contributed by atoms with van der Waals surface area (Å²) in [7, 11) is 0. The van der Waals surface area contributed by atoms with Crippen LogP contribution in [0, 0.1) is 0 Å². The van der Waals surface area contributed by atoms with Gasteiger partial charge in [-0.15, -0.1) is 11.3 Å². The van der Waals surface area contributed by atoms with E-state index >= 15 is 0 Å². The van der Waals surface area contributed by atoms with E-state index in [1.807, 2.05) is 31.2 Å². The average Bonchev–Trinajstić information content (AvgIpc) is 2.85. The number of thiazole rings is 1. The predicted molar refractivity (Wildman–Crippen MR) is 85.6 cm³/mol. The summed E-state index contributed by atoms with van der Waals surface area (Å²) < 4.78 is 7.46. The number of rotatable bonds is 3. The molecule has 0 aliphatic carbocycles. The van der Waals surface area contributed by atoms with E-state index in [0.29, 0.717) is 6.61 Å². The number of phenolic OH excluding ortho intramolecular Hbond substituents is 1. The molecule has 0 saturated carbocycles. The van der Waals surface area contributed by atoms with E-state index in [0.717, 1.165) is 31.0 Å². The average molecular weight is 350 g/mol. The Morgan fingerprint density at radius 2 is 2.10 bits per heavy atom. The number of ether oxygens (including phenoxy) is 1. The predicted octanol–water partition coefficient (Wildman–Crippen LogP) is 4.83. The smallest absolute Gasteiger partial charge is 0.128 e. The Hall–Kier alpha value is -1.59. The summed E-state index contributed by atoms with van der Waals surface area (Å²) in [5, 5.41) is 10.8. The molecule has 20 heavy (non-hydrogen) atoms. The van der Waals surface area contributed by atoms with Crippen LogP contribution in [0.3, 0.4) is 0 Å². The van der Waals surface area contributed by atoms with Crippen LogP contribution in [0.1, 0.15) is 6.92 Å². The van der Waals surface area contributed by atoms with Gasteiger partial charge in [0.2, 0.25) is 0 Å². The maximum absolute atomic E-state index is 9.97. The van der Waals surface area contributed by atoms with Gasteiger partial charge in [-0.25, -0.2) is 4.98 Å². The third-order valence-corrected chi connectivity index (χ3v) is 4.40. The number of hydrogen-bond acceptors (Lipinski definition) is 4. The monoisotopic (exact) mass is 349 g/mol. The molecule has 3 rings (SSSR count). The van der Waals surface area contributed by atoms with Gasteiger partial charge in [0.25, 0.3) is 0 Å². The van der Waals surface area contributed by atoms with E-state index in [1.54, 1.807) is 23.5 Å². The van der Waals surface area contributed by atoms with Crippen LogP contribution in [-0.2, 0) is 0 Å². The second-order valence-electron chi connectivity index (χ2n) is 4.24. The molecule has 0 atom stereocenters. The molecule has 3 aromatic rings. The van der Waals surface area contributed by atoms with Crippen molar-refractivity contribution in [1.29, 1.82) is 0 Å². The van der Waals surface area contributed by atoms with Gasteiger partial charge in [0.1, 0.15) is 16.5 Å². The van der Waals surface area contributed by atoms with Gasteiger partial charge in [-0.1, -0.05) is 15.9 Å². The van der Waals surface area contributed by atoms with Crippen LogP contribution in [0.2, 0.25) is 0 Å². The van der Waals surface area contributed by atoms with Crippen LogP contribution >= 0.6 is 27.3 Å². The Morgan fingerprint density at radius 3 is 2.90 bits per heavy atom. The normalized spacial score (nSPS) is 10.9. The van der Waals surface area contributed by atoms with E-state index in [1.165, 1.54) is 0 Å². The van der Waals surface area contributed by atoms with Crippen LogP contribution in [0.5, 0.6) is 11.5 Å². The number of aromatic nitrogens is 1. The number of phenols is 1. The van der Waals surface area contributed by atoms with Gasteiger partial charge in [-0.3, -0.25) is 0 Å². The minimum Gasteiger partial charge on any atom is -0.507 e. The Kier molecular flexibility index (Phi) is 3.63. The van der Waals surface area contributed by atoms with E-state index in [9.17, 15) is 5.11 Å². The zero-order chi connectivity index (χ0) is 14.1. The van der Waals surface area contributed by atoms with E-state index in [-0.39, 0.29) is 5.75 Å². The van der Waals surface area contributed by atoms with Crippen molar-refractivity contribution in [2.75, 3.05) is 6.61 Å². The summed E-state index contributed by atoms with van der Waals surface area (Å²) >= 11 is 4.96. The van der Waals surface area contributed by atoms with Gasteiger partial charge in [0, 0.05) is 4.47 Å². The SMILES string of the molecule is CCOc1ccc2nc(-c3cc(Br)ccc3O)sc2c1. The molecule has 0 spiro atoms. The molecule has 0 amide bonds. The number of benzene rings is 2. The van der Waals surface area contributed by atoms with E-state index in [2.05, 4.69) is 20.9 Å². The Labute approximate surface area is 129 Å². The van der Waals surface area contributed by atoms with Crippen molar-refractivity contribution in [2.45, 2.75) is 6.92 Å². The lowest BCUT2D eigenvalue weighted by Gasteiger charge is -2.00. The first-order chi connectivity index (χ1) is 9.67. The number of fused-ring (bicyclic) bond motifs is 1. The second kappa shape index (κ2) is 5.42. The van der Waals surface area contributed by atoms with Crippen molar-refractivity contribution in [1.82, 2.24) is 4.98 Å². The van der Waals surface area contributed by atoms with Crippen molar-refractivity contribution in [3.63, 3.8) is 0 Å². The lowest BCUT2D eigenvalue weighted by Crippen LogP contribution is -1.89.